The third-order valence-corrected chi connectivity index (χ3v) is 3.68. The molecule has 108 valence electrons. The molecule has 2 rings (SSSR count). The molecule has 0 aliphatic carbocycles. The average Bonchev–Trinajstić information content (AvgIpc) is 3.05. The number of carbonyl (C=O) groups is 2. The van der Waals surface area contributed by atoms with Gasteiger partial charge in [0.25, 0.3) is 0 Å². The van der Waals surface area contributed by atoms with E-state index in [9.17, 15) is 9.59 Å². The number of nitrogens with zero attached hydrogens (tertiary/aromatic N) is 1. The van der Waals surface area contributed by atoms with Crippen LogP contribution in [-0.4, -0.2) is 17.5 Å². The lowest BCUT2D eigenvalue weighted by Crippen LogP contribution is -2.37. The summed E-state index contributed by atoms with van der Waals surface area (Å²) in [5, 5.41) is 8.37. The Bertz CT molecular complexity index is 636. The Kier molecular flexibility index (Phi) is 5.22. The van der Waals surface area contributed by atoms with Crippen LogP contribution in [-0.2, 0) is 16.1 Å². The second kappa shape index (κ2) is 7.35. The summed E-state index contributed by atoms with van der Waals surface area (Å²) in [6.07, 6.45) is 0. The van der Waals surface area contributed by atoms with Gasteiger partial charge in [0.15, 0.2) is 0 Å². The van der Waals surface area contributed by atoms with E-state index in [0.717, 1.165) is 10.4 Å². The van der Waals surface area contributed by atoms with E-state index in [2.05, 4.69) is 15.8 Å². The number of carbonyl (C=O) groups excluding carboxylic acids is 2. The molecule has 0 fully saturated rings. The summed E-state index contributed by atoms with van der Waals surface area (Å²) in [6.45, 7) is 2.08. The van der Waals surface area contributed by atoms with Crippen LogP contribution in [0.1, 0.15) is 17.4 Å². The lowest BCUT2D eigenvalue weighted by Gasteiger charge is -2.04. The van der Waals surface area contributed by atoms with Gasteiger partial charge in [0.05, 0.1) is 5.71 Å². The highest BCUT2D eigenvalue weighted by molar-refractivity contribution is 7.12. The fourth-order valence-corrected chi connectivity index (χ4v) is 2.26. The highest BCUT2D eigenvalue weighted by Gasteiger charge is 2.12. The number of hydrogen-bond donors (Lipinski definition) is 2. The van der Waals surface area contributed by atoms with E-state index in [4.69, 9.17) is 0 Å². The van der Waals surface area contributed by atoms with Crippen LogP contribution in [0.15, 0.2) is 52.9 Å². The van der Waals surface area contributed by atoms with E-state index < -0.39 is 11.8 Å². The molecule has 5 nitrogen and oxygen atoms in total. The molecule has 0 atom stereocenters. The van der Waals surface area contributed by atoms with Crippen LogP contribution in [0, 0.1) is 0 Å². The number of hydrogen-bond acceptors (Lipinski definition) is 4. The van der Waals surface area contributed by atoms with E-state index in [1.165, 1.54) is 11.3 Å². The van der Waals surface area contributed by atoms with Gasteiger partial charge in [0, 0.05) is 11.4 Å². The Morgan fingerprint density at radius 2 is 1.86 bits per heavy atom. The van der Waals surface area contributed by atoms with Crippen molar-refractivity contribution in [2.24, 2.45) is 5.10 Å². The van der Waals surface area contributed by atoms with Crippen molar-refractivity contribution in [3.63, 3.8) is 0 Å². The Labute approximate surface area is 126 Å². The molecule has 0 aliphatic heterocycles. The Hall–Kier alpha value is -2.47. The molecule has 0 unspecified atom stereocenters. The Morgan fingerprint density at radius 3 is 2.52 bits per heavy atom. The van der Waals surface area contributed by atoms with Gasteiger partial charge in [-0.2, -0.15) is 5.10 Å². The molecule has 1 aromatic carbocycles. The lowest BCUT2D eigenvalue weighted by atomic mass is 10.2. The summed E-state index contributed by atoms with van der Waals surface area (Å²) in [6, 6.07) is 13.2. The van der Waals surface area contributed by atoms with E-state index in [-0.39, 0.29) is 0 Å². The molecule has 0 saturated heterocycles. The van der Waals surface area contributed by atoms with Gasteiger partial charge in [-0.15, -0.1) is 11.3 Å². The van der Waals surface area contributed by atoms with Crippen molar-refractivity contribution < 1.29 is 9.59 Å². The second-order valence-electron chi connectivity index (χ2n) is 4.28. The molecule has 6 heteroatoms. The summed E-state index contributed by atoms with van der Waals surface area (Å²) in [5.41, 5.74) is 3.84. The van der Waals surface area contributed by atoms with Crippen molar-refractivity contribution in [2.75, 3.05) is 0 Å². The molecule has 21 heavy (non-hydrogen) atoms. The minimum absolute atomic E-state index is 0.306. The van der Waals surface area contributed by atoms with Crippen LogP contribution in [0.4, 0.5) is 0 Å². The molecule has 0 radical (unpaired) electrons. The molecule has 0 bridgehead atoms. The lowest BCUT2D eigenvalue weighted by molar-refractivity contribution is -0.139. The van der Waals surface area contributed by atoms with Crippen molar-refractivity contribution in [1.29, 1.82) is 0 Å². The summed E-state index contributed by atoms with van der Waals surface area (Å²) in [7, 11) is 0. The number of amides is 2. The van der Waals surface area contributed by atoms with Crippen LogP contribution in [0.25, 0.3) is 0 Å². The maximum absolute atomic E-state index is 11.6. The minimum atomic E-state index is -0.776. The first-order valence-electron chi connectivity index (χ1n) is 6.37. The normalized spacial score (nSPS) is 11.0. The van der Waals surface area contributed by atoms with Gasteiger partial charge in [-0.1, -0.05) is 36.4 Å². The largest absolute Gasteiger partial charge is 0.344 e. The van der Waals surface area contributed by atoms with E-state index in [1.807, 2.05) is 47.8 Å². The van der Waals surface area contributed by atoms with E-state index in [0.29, 0.717) is 12.3 Å². The maximum Gasteiger partial charge on any atom is 0.329 e. The van der Waals surface area contributed by atoms with Crippen LogP contribution in [0.2, 0.25) is 0 Å². The van der Waals surface area contributed by atoms with Gasteiger partial charge >= 0.3 is 11.8 Å². The number of thiophene rings is 1. The van der Waals surface area contributed by atoms with Crippen molar-refractivity contribution in [3.8, 4) is 0 Å². The van der Waals surface area contributed by atoms with Gasteiger partial charge in [0.1, 0.15) is 0 Å². The number of benzene rings is 1. The fraction of sp³-hybridized carbons (Fsp3) is 0.133. The van der Waals surface area contributed by atoms with Crippen LogP contribution < -0.4 is 10.7 Å². The highest BCUT2D eigenvalue weighted by atomic mass is 32.1. The SMILES string of the molecule is CC(=NNC(=O)C(=O)NCc1ccccc1)c1cccs1. The van der Waals surface area contributed by atoms with Gasteiger partial charge in [0.2, 0.25) is 0 Å². The molecule has 0 spiro atoms. The number of nitrogens with one attached hydrogen (secondary N) is 2. The summed E-state index contributed by atoms with van der Waals surface area (Å²) in [5.74, 6) is -1.48. The molecule has 0 aliphatic rings. The number of rotatable bonds is 4. The predicted molar refractivity (Wildman–Crippen MR) is 83.0 cm³/mol. The predicted octanol–water partition coefficient (Wildman–Crippen LogP) is 1.90. The van der Waals surface area contributed by atoms with Crippen LogP contribution >= 0.6 is 11.3 Å². The fourth-order valence-electron chi connectivity index (χ4n) is 1.58. The third kappa shape index (κ3) is 4.54. The molecule has 1 aromatic heterocycles. The Balaban J connectivity index is 1.83. The van der Waals surface area contributed by atoms with Crippen molar-refractivity contribution in [3.05, 3.63) is 58.3 Å². The molecule has 2 aromatic rings. The second-order valence-corrected chi connectivity index (χ2v) is 5.23. The van der Waals surface area contributed by atoms with E-state index in [1.54, 1.807) is 6.92 Å². The quantitative estimate of drug-likeness (QED) is 0.514. The molecule has 1 heterocycles. The third-order valence-electron chi connectivity index (χ3n) is 2.71. The monoisotopic (exact) mass is 301 g/mol. The first kappa shape index (κ1) is 14.9. The van der Waals surface area contributed by atoms with Crippen LogP contribution in [0.3, 0.4) is 0 Å². The zero-order chi connectivity index (χ0) is 15.1. The van der Waals surface area contributed by atoms with Crippen molar-refractivity contribution >= 4 is 28.9 Å². The van der Waals surface area contributed by atoms with Gasteiger partial charge < -0.3 is 5.32 Å². The molecular formula is C15H15N3O2S. The molecule has 0 saturated carbocycles. The van der Waals surface area contributed by atoms with Gasteiger partial charge in [-0.3, -0.25) is 9.59 Å². The van der Waals surface area contributed by atoms with Gasteiger partial charge in [-0.25, -0.2) is 5.43 Å². The first-order chi connectivity index (χ1) is 10.2. The minimum Gasteiger partial charge on any atom is -0.344 e. The first-order valence-corrected chi connectivity index (χ1v) is 7.25. The molecule has 2 amide bonds. The van der Waals surface area contributed by atoms with Gasteiger partial charge in [-0.05, 0) is 23.9 Å². The molecule has 2 N–H and O–H groups in total. The van der Waals surface area contributed by atoms with E-state index >= 15 is 0 Å². The summed E-state index contributed by atoms with van der Waals surface area (Å²) >= 11 is 1.52. The number of hydrazone groups is 1. The van der Waals surface area contributed by atoms with Crippen LogP contribution in [0.5, 0.6) is 0 Å². The zero-order valence-corrected chi connectivity index (χ0v) is 12.3. The van der Waals surface area contributed by atoms with Crippen molar-refractivity contribution in [2.45, 2.75) is 13.5 Å². The zero-order valence-electron chi connectivity index (χ0n) is 11.5. The highest BCUT2D eigenvalue weighted by Crippen LogP contribution is 2.09. The average molecular weight is 301 g/mol. The standard InChI is InChI=1S/C15H15N3O2S/c1-11(13-8-5-9-21-13)17-18-15(20)14(19)16-10-12-6-3-2-4-7-12/h2-9H,10H2,1H3,(H,16,19)(H,18,20). The smallest absolute Gasteiger partial charge is 0.329 e. The molecular weight excluding hydrogens is 286 g/mol. The summed E-state index contributed by atoms with van der Waals surface area (Å²) < 4.78 is 0. The topological polar surface area (TPSA) is 70.6 Å². The Morgan fingerprint density at radius 1 is 1.10 bits per heavy atom. The van der Waals surface area contributed by atoms with Crippen molar-refractivity contribution in [1.82, 2.24) is 10.7 Å². The summed E-state index contributed by atoms with van der Waals surface area (Å²) in [4.78, 5) is 24.2. The maximum atomic E-state index is 11.6.